The van der Waals surface area contributed by atoms with E-state index in [-0.39, 0.29) is 0 Å². The Kier molecular flexibility index (Phi) is 1.69. The maximum atomic E-state index is 2.43. The first-order valence-corrected chi connectivity index (χ1v) is 4.31. The molecule has 0 saturated heterocycles. The highest BCUT2D eigenvalue weighted by atomic mass is 14.4. The molecule has 1 radical (unpaired) electrons. The predicted molar refractivity (Wildman–Crippen MR) is 47.3 cm³/mol. The maximum absolute atomic E-state index is 2.43. The minimum Gasteiger partial charge on any atom is -0.0651 e. The highest BCUT2D eigenvalue weighted by molar-refractivity contribution is 5.32. The molecule has 0 heterocycles. The summed E-state index contributed by atoms with van der Waals surface area (Å²) in [6.07, 6.45) is 3.72. The van der Waals surface area contributed by atoms with E-state index in [0.717, 1.165) is 11.8 Å². The van der Waals surface area contributed by atoms with Crippen LogP contribution in [0.15, 0.2) is 30.3 Å². The molecule has 0 nitrogen and oxygen atoms in total. The molecule has 0 bridgehead atoms. The third-order valence-electron chi connectivity index (χ3n) is 2.43. The third kappa shape index (κ3) is 1.30. The van der Waals surface area contributed by atoms with Crippen molar-refractivity contribution in [3.8, 4) is 0 Å². The van der Waals surface area contributed by atoms with E-state index in [0.29, 0.717) is 0 Å². The van der Waals surface area contributed by atoms with Crippen molar-refractivity contribution in [3.05, 3.63) is 42.3 Å². The molecule has 2 atom stereocenters. The lowest BCUT2D eigenvalue weighted by atomic mass is 10.1. The van der Waals surface area contributed by atoms with Crippen LogP contribution in [0.3, 0.4) is 0 Å². The molecule has 2 unspecified atom stereocenters. The van der Waals surface area contributed by atoms with Gasteiger partial charge >= 0.3 is 0 Å². The van der Waals surface area contributed by atoms with Crippen molar-refractivity contribution >= 4 is 0 Å². The molecule has 57 valence electrons. The van der Waals surface area contributed by atoms with E-state index in [2.05, 4.69) is 43.7 Å². The van der Waals surface area contributed by atoms with Gasteiger partial charge in [0.15, 0.2) is 0 Å². The average molecular weight is 145 g/mol. The Morgan fingerprint density at radius 2 is 1.91 bits per heavy atom. The lowest BCUT2D eigenvalue weighted by molar-refractivity contribution is 0.777. The minimum atomic E-state index is 0.765. The highest BCUT2D eigenvalue weighted by Crippen LogP contribution is 2.47. The van der Waals surface area contributed by atoms with Gasteiger partial charge in [-0.05, 0) is 23.8 Å². The standard InChI is InChI=1S/C11H13/c1-2-9-8-11(9)10-6-4-3-5-7-10/h3-9,11H,2H2,1H3. The highest BCUT2D eigenvalue weighted by Gasteiger charge is 2.36. The molecule has 0 aromatic heterocycles. The molecule has 0 aliphatic heterocycles. The van der Waals surface area contributed by atoms with Crippen LogP contribution < -0.4 is 0 Å². The van der Waals surface area contributed by atoms with E-state index in [1.165, 1.54) is 12.0 Å². The smallest absolute Gasteiger partial charge is 0.00966 e. The molecule has 1 aliphatic carbocycles. The van der Waals surface area contributed by atoms with Crippen molar-refractivity contribution in [2.24, 2.45) is 5.92 Å². The average Bonchev–Trinajstić information content (AvgIpc) is 2.85. The molecule has 1 saturated carbocycles. The van der Waals surface area contributed by atoms with E-state index < -0.39 is 0 Å². The largest absolute Gasteiger partial charge is 0.0651 e. The van der Waals surface area contributed by atoms with Gasteiger partial charge in [-0.2, -0.15) is 0 Å². The number of hydrogen-bond donors (Lipinski definition) is 0. The van der Waals surface area contributed by atoms with E-state index in [9.17, 15) is 0 Å². The van der Waals surface area contributed by atoms with E-state index >= 15 is 0 Å². The summed E-state index contributed by atoms with van der Waals surface area (Å²) in [4.78, 5) is 0. The zero-order valence-corrected chi connectivity index (χ0v) is 6.83. The molecule has 0 spiro atoms. The summed E-state index contributed by atoms with van der Waals surface area (Å²) in [6.45, 7) is 2.25. The van der Waals surface area contributed by atoms with Crippen molar-refractivity contribution in [1.29, 1.82) is 0 Å². The molecule has 0 amide bonds. The van der Waals surface area contributed by atoms with Crippen LogP contribution in [0.4, 0.5) is 0 Å². The van der Waals surface area contributed by atoms with Crippen molar-refractivity contribution in [3.63, 3.8) is 0 Å². The van der Waals surface area contributed by atoms with Crippen molar-refractivity contribution in [1.82, 2.24) is 0 Å². The van der Waals surface area contributed by atoms with Crippen LogP contribution in [0.2, 0.25) is 0 Å². The second-order valence-electron chi connectivity index (χ2n) is 3.20. The summed E-state index contributed by atoms with van der Waals surface area (Å²) >= 11 is 0. The van der Waals surface area contributed by atoms with Gasteiger partial charge in [0.25, 0.3) is 0 Å². The summed E-state index contributed by atoms with van der Waals surface area (Å²) in [5.41, 5.74) is 1.49. The van der Waals surface area contributed by atoms with E-state index in [1.807, 2.05) is 0 Å². The zero-order valence-electron chi connectivity index (χ0n) is 6.83. The van der Waals surface area contributed by atoms with Gasteiger partial charge in [-0.25, -0.2) is 0 Å². The molecule has 11 heavy (non-hydrogen) atoms. The fourth-order valence-corrected chi connectivity index (χ4v) is 1.63. The van der Waals surface area contributed by atoms with Crippen LogP contribution >= 0.6 is 0 Å². The Morgan fingerprint density at radius 1 is 1.18 bits per heavy atom. The predicted octanol–water partition coefficient (Wildman–Crippen LogP) is 3.01. The Hall–Kier alpha value is -0.780. The van der Waals surface area contributed by atoms with Crippen LogP contribution in [0, 0.1) is 12.3 Å². The first kappa shape index (κ1) is 6.90. The summed E-state index contributed by atoms with van der Waals surface area (Å²) in [5.74, 6) is 1.62. The van der Waals surface area contributed by atoms with Gasteiger partial charge in [-0.15, -0.1) is 0 Å². The molecule has 0 heteroatoms. The summed E-state index contributed by atoms with van der Waals surface area (Å²) < 4.78 is 0. The summed E-state index contributed by atoms with van der Waals surface area (Å²) in [6, 6.07) is 10.8. The van der Waals surface area contributed by atoms with Gasteiger partial charge in [-0.3, -0.25) is 0 Å². The van der Waals surface area contributed by atoms with Crippen LogP contribution in [0.25, 0.3) is 0 Å². The minimum absolute atomic E-state index is 0.765. The second kappa shape index (κ2) is 2.69. The van der Waals surface area contributed by atoms with Gasteiger partial charge in [0.1, 0.15) is 0 Å². The molecular formula is C11H13. The molecule has 1 aromatic rings. The van der Waals surface area contributed by atoms with Crippen LogP contribution in [-0.4, -0.2) is 0 Å². The summed E-state index contributed by atoms with van der Waals surface area (Å²) in [7, 11) is 0. The number of hydrogen-bond acceptors (Lipinski definition) is 0. The second-order valence-corrected chi connectivity index (χ2v) is 3.20. The lowest BCUT2D eigenvalue weighted by Gasteiger charge is -1.96. The fourth-order valence-electron chi connectivity index (χ4n) is 1.63. The monoisotopic (exact) mass is 145 g/mol. The van der Waals surface area contributed by atoms with Crippen molar-refractivity contribution in [2.75, 3.05) is 0 Å². The third-order valence-corrected chi connectivity index (χ3v) is 2.43. The van der Waals surface area contributed by atoms with Gasteiger partial charge in [-0.1, -0.05) is 43.7 Å². The fraction of sp³-hybridized carbons (Fsp3) is 0.364. The normalized spacial score (nSPS) is 28.5. The van der Waals surface area contributed by atoms with Crippen molar-refractivity contribution < 1.29 is 0 Å². The Morgan fingerprint density at radius 3 is 2.45 bits per heavy atom. The van der Waals surface area contributed by atoms with E-state index in [4.69, 9.17) is 0 Å². The topological polar surface area (TPSA) is 0 Å². The number of benzene rings is 1. The van der Waals surface area contributed by atoms with E-state index in [1.54, 1.807) is 0 Å². The SMILES string of the molecule is CCC1[CH]C1c1ccccc1. The van der Waals surface area contributed by atoms with Crippen molar-refractivity contribution in [2.45, 2.75) is 19.3 Å². The molecule has 1 aliphatic rings. The number of rotatable bonds is 2. The summed E-state index contributed by atoms with van der Waals surface area (Å²) in [5, 5.41) is 0. The first-order chi connectivity index (χ1) is 5.42. The quantitative estimate of drug-likeness (QED) is 0.600. The molecule has 1 aromatic carbocycles. The van der Waals surface area contributed by atoms with Gasteiger partial charge in [0.2, 0.25) is 0 Å². The van der Waals surface area contributed by atoms with Gasteiger partial charge < -0.3 is 0 Å². The Bertz CT molecular complexity index is 225. The van der Waals surface area contributed by atoms with Gasteiger partial charge in [0.05, 0.1) is 0 Å². The van der Waals surface area contributed by atoms with Crippen LogP contribution in [-0.2, 0) is 0 Å². The molecule has 2 rings (SSSR count). The van der Waals surface area contributed by atoms with Crippen LogP contribution in [0.5, 0.6) is 0 Å². The van der Waals surface area contributed by atoms with Gasteiger partial charge in [0, 0.05) is 0 Å². The first-order valence-electron chi connectivity index (χ1n) is 4.31. The Labute approximate surface area is 68.3 Å². The van der Waals surface area contributed by atoms with Crippen LogP contribution in [0.1, 0.15) is 24.8 Å². The maximum Gasteiger partial charge on any atom is -0.00966 e. The zero-order chi connectivity index (χ0) is 7.68. The molecule has 1 fully saturated rings. The molecule has 0 N–H and O–H groups in total. The Balaban J connectivity index is 2.09. The molecular weight excluding hydrogens is 132 g/mol. The lowest BCUT2D eigenvalue weighted by Crippen LogP contribution is -1.80.